The molecule has 2 aliphatic heterocycles. The third-order valence-corrected chi connectivity index (χ3v) is 2.70. The van der Waals surface area contributed by atoms with E-state index >= 15 is 0 Å². The summed E-state index contributed by atoms with van der Waals surface area (Å²) >= 11 is 0. The first kappa shape index (κ1) is 7.55. The summed E-state index contributed by atoms with van der Waals surface area (Å²) in [5.41, 5.74) is 3.26. The highest BCUT2D eigenvalue weighted by atomic mass is 16.2. The van der Waals surface area contributed by atoms with E-state index in [1.54, 1.807) is 0 Å². The van der Waals surface area contributed by atoms with Crippen LogP contribution in [0, 0.1) is 0 Å². The molecule has 2 N–H and O–H groups in total. The number of amides is 2. The van der Waals surface area contributed by atoms with Crippen molar-refractivity contribution in [2.45, 2.75) is 13.1 Å². The highest BCUT2D eigenvalue weighted by Crippen LogP contribution is 2.23. The molecular weight excluding hydrogens is 180 g/mol. The summed E-state index contributed by atoms with van der Waals surface area (Å²) in [5, 5.41) is 5.46. The van der Waals surface area contributed by atoms with Crippen molar-refractivity contribution in [3.8, 4) is 0 Å². The van der Waals surface area contributed by atoms with Crippen LogP contribution < -0.4 is 10.6 Å². The summed E-state index contributed by atoms with van der Waals surface area (Å²) in [6, 6.07) is 3.62. The Balaban J connectivity index is 2.24. The first-order valence-electron chi connectivity index (χ1n) is 4.48. The molecule has 0 unspecified atom stereocenters. The molecule has 0 saturated heterocycles. The minimum Gasteiger partial charge on any atom is -0.348 e. The van der Waals surface area contributed by atoms with Crippen LogP contribution in [-0.4, -0.2) is 11.8 Å². The van der Waals surface area contributed by atoms with Crippen molar-refractivity contribution in [1.29, 1.82) is 0 Å². The van der Waals surface area contributed by atoms with Crippen LogP contribution in [-0.2, 0) is 13.1 Å². The molecule has 1 aromatic rings. The van der Waals surface area contributed by atoms with Gasteiger partial charge in [-0.2, -0.15) is 0 Å². The highest BCUT2D eigenvalue weighted by Gasteiger charge is 2.26. The molecule has 2 aliphatic rings. The second kappa shape index (κ2) is 2.35. The molecule has 1 aromatic carbocycles. The molecule has 4 nitrogen and oxygen atoms in total. The molecule has 0 saturated carbocycles. The Morgan fingerprint density at radius 3 is 1.71 bits per heavy atom. The maximum Gasteiger partial charge on any atom is 0.251 e. The van der Waals surface area contributed by atoms with E-state index in [-0.39, 0.29) is 11.8 Å². The summed E-state index contributed by atoms with van der Waals surface area (Å²) < 4.78 is 0. The number of nitrogens with one attached hydrogen (secondary N) is 2. The standard InChI is InChI=1S/C10H8N2O2/c13-9-7-1-5-3-11-10(14)8(5)2-6(7)4-12-9/h1-2H,3-4H2,(H,11,14)(H,12,13). The van der Waals surface area contributed by atoms with Crippen molar-refractivity contribution in [1.82, 2.24) is 10.6 Å². The van der Waals surface area contributed by atoms with E-state index < -0.39 is 0 Å². The Hall–Kier alpha value is -1.84. The van der Waals surface area contributed by atoms with Gasteiger partial charge in [0.25, 0.3) is 11.8 Å². The van der Waals surface area contributed by atoms with E-state index in [0.29, 0.717) is 24.2 Å². The van der Waals surface area contributed by atoms with Gasteiger partial charge < -0.3 is 10.6 Å². The zero-order chi connectivity index (χ0) is 9.71. The van der Waals surface area contributed by atoms with Crippen LogP contribution in [0.5, 0.6) is 0 Å². The number of rotatable bonds is 0. The number of hydrogen-bond donors (Lipinski definition) is 2. The molecule has 0 spiro atoms. The first-order valence-corrected chi connectivity index (χ1v) is 4.48. The van der Waals surface area contributed by atoms with Gasteiger partial charge in [0.15, 0.2) is 0 Å². The smallest absolute Gasteiger partial charge is 0.251 e. The van der Waals surface area contributed by atoms with Gasteiger partial charge in [0, 0.05) is 24.2 Å². The second-order valence-corrected chi connectivity index (χ2v) is 3.53. The second-order valence-electron chi connectivity index (χ2n) is 3.53. The van der Waals surface area contributed by atoms with Crippen LogP contribution in [0.2, 0.25) is 0 Å². The van der Waals surface area contributed by atoms with Crippen molar-refractivity contribution in [3.05, 3.63) is 34.4 Å². The van der Waals surface area contributed by atoms with Crippen LogP contribution in [0.4, 0.5) is 0 Å². The maximum atomic E-state index is 11.3. The number of hydrogen-bond acceptors (Lipinski definition) is 2. The SMILES string of the molecule is O=C1NCc2cc3c(cc21)CNC3=O. The van der Waals surface area contributed by atoms with E-state index in [2.05, 4.69) is 10.6 Å². The molecule has 0 atom stereocenters. The van der Waals surface area contributed by atoms with Gasteiger partial charge in [0.05, 0.1) is 0 Å². The highest BCUT2D eigenvalue weighted by molar-refractivity contribution is 6.03. The number of carbonyl (C=O) groups is 2. The van der Waals surface area contributed by atoms with Gasteiger partial charge in [-0.15, -0.1) is 0 Å². The van der Waals surface area contributed by atoms with Gasteiger partial charge in [-0.25, -0.2) is 0 Å². The molecule has 0 bridgehead atoms. The van der Waals surface area contributed by atoms with E-state index in [0.717, 1.165) is 11.1 Å². The fourth-order valence-electron chi connectivity index (χ4n) is 1.95. The van der Waals surface area contributed by atoms with Gasteiger partial charge >= 0.3 is 0 Å². The number of benzene rings is 1. The van der Waals surface area contributed by atoms with Crippen LogP contribution in [0.1, 0.15) is 31.8 Å². The third kappa shape index (κ3) is 0.824. The van der Waals surface area contributed by atoms with Gasteiger partial charge in [-0.05, 0) is 23.3 Å². The summed E-state index contributed by atoms with van der Waals surface area (Å²) in [6.07, 6.45) is 0. The topological polar surface area (TPSA) is 58.2 Å². The molecule has 14 heavy (non-hydrogen) atoms. The minimum absolute atomic E-state index is 0.0397. The lowest BCUT2D eigenvalue weighted by atomic mass is 10.0. The average Bonchev–Trinajstić information content (AvgIpc) is 2.71. The van der Waals surface area contributed by atoms with E-state index in [9.17, 15) is 9.59 Å². The lowest BCUT2D eigenvalue weighted by Crippen LogP contribution is -2.13. The Morgan fingerprint density at radius 1 is 0.857 bits per heavy atom. The number of fused-ring (bicyclic) bond motifs is 2. The largest absolute Gasteiger partial charge is 0.348 e. The summed E-state index contributed by atoms with van der Waals surface area (Å²) in [4.78, 5) is 22.7. The molecular formula is C10H8N2O2. The minimum atomic E-state index is -0.0397. The maximum absolute atomic E-state index is 11.3. The zero-order valence-electron chi connectivity index (χ0n) is 7.39. The summed E-state index contributed by atoms with van der Waals surface area (Å²) in [7, 11) is 0. The van der Waals surface area contributed by atoms with Gasteiger partial charge in [0.1, 0.15) is 0 Å². The Morgan fingerprint density at radius 2 is 1.29 bits per heavy atom. The van der Waals surface area contributed by atoms with Crippen molar-refractivity contribution in [3.63, 3.8) is 0 Å². The Labute approximate surface area is 80.3 Å². The van der Waals surface area contributed by atoms with Crippen LogP contribution in [0.3, 0.4) is 0 Å². The summed E-state index contributed by atoms with van der Waals surface area (Å²) in [5.74, 6) is -0.0794. The lowest BCUT2D eigenvalue weighted by molar-refractivity contribution is 0.0957. The average molecular weight is 188 g/mol. The Bertz CT molecular complexity index is 422. The zero-order valence-corrected chi connectivity index (χ0v) is 7.39. The van der Waals surface area contributed by atoms with E-state index in [4.69, 9.17) is 0 Å². The molecule has 0 aliphatic carbocycles. The third-order valence-electron chi connectivity index (χ3n) is 2.70. The van der Waals surface area contributed by atoms with Crippen molar-refractivity contribution >= 4 is 11.8 Å². The van der Waals surface area contributed by atoms with Gasteiger partial charge in [0.2, 0.25) is 0 Å². The molecule has 2 heterocycles. The predicted octanol–water partition coefficient (Wildman–Crippen LogP) is 0.173. The normalized spacial score (nSPS) is 17.4. The molecule has 4 heteroatoms. The lowest BCUT2D eigenvalue weighted by Gasteiger charge is -1.99. The molecule has 0 fully saturated rings. The van der Waals surface area contributed by atoms with E-state index in [1.165, 1.54) is 0 Å². The van der Waals surface area contributed by atoms with Crippen molar-refractivity contribution in [2.24, 2.45) is 0 Å². The number of carbonyl (C=O) groups excluding carboxylic acids is 2. The van der Waals surface area contributed by atoms with E-state index in [1.807, 2.05) is 12.1 Å². The van der Waals surface area contributed by atoms with Crippen LogP contribution in [0.15, 0.2) is 12.1 Å². The molecule has 70 valence electrons. The van der Waals surface area contributed by atoms with Crippen LogP contribution in [0.25, 0.3) is 0 Å². The van der Waals surface area contributed by atoms with Crippen molar-refractivity contribution < 1.29 is 9.59 Å². The summed E-state index contributed by atoms with van der Waals surface area (Å²) in [6.45, 7) is 1.07. The monoisotopic (exact) mass is 188 g/mol. The fourth-order valence-corrected chi connectivity index (χ4v) is 1.95. The van der Waals surface area contributed by atoms with Gasteiger partial charge in [-0.3, -0.25) is 9.59 Å². The quantitative estimate of drug-likeness (QED) is 0.610. The Kier molecular flexibility index (Phi) is 1.27. The van der Waals surface area contributed by atoms with Crippen molar-refractivity contribution in [2.75, 3.05) is 0 Å². The first-order chi connectivity index (χ1) is 6.75. The fraction of sp³-hybridized carbons (Fsp3) is 0.200. The van der Waals surface area contributed by atoms with Gasteiger partial charge in [-0.1, -0.05) is 0 Å². The van der Waals surface area contributed by atoms with Crippen LogP contribution >= 0.6 is 0 Å². The molecule has 0 radical (unpaired) electrons. The predicted molar refractivity (Wildman–Crippen MR) is 48.8 cm³/mol. The molecule has 3 rings (SSSR count). The molecule has 2 amide bonds. The molecule has 0 aromatic heterocycles.